The zero-order valence-electron chi connectivity index (χ0n) is 13.9. The molecule has 0 atom stereocenters. The van der Waals surface area contributed by atoms with Crippen molar-refractivity contribution < 1.29 is 13.2 Å². The number of aromatic nitrogens is 1. The van der Waals surface area contributed by atoms with Gasteiger partial charge in [-0.15, -0.1) is 11.3 Å². The van der Waals surface area contributed by atoms with E-state index in [-0.39, 0.29) is 0 Å². The van der Waals surface area contributed by atoms with Crippen LogP contribution >= 0.6 is 11.3 Å². The molecule has 3 nitrogen and oxygen atoms in total. The summed E-state index contributed by atoms with van der Waals surface area (Å²) < 4.78 is 37.5. The van der Waals surface area contributed by atoms with Gasteiger partial charge in [0.15, 0.2) is 0 Å². The summed E-state index contributed by atoms with van der Waals surface area (Å²) >= 11 is 1.80. The lowest BCUT2D eigenvalue weighted by Gasteiger charge is -2.32. The lowest BCUT2D eigenvalue weighted by Crippen LogP contribution is -2.42. The Hall–Kier alpha value is -1.44. The first-order chi connectivity index (χ1) is 12.0. The van der Waals surface area contributed by atoms with Gasteiger partial charge in [0.2, 0.25) is 0 Å². The van der Waals surface area contributed by atoms with E-state index in [2.05, 4.69) is 32.7 Å². The molecule has 3 heterocycles. The standard InChI is InChI=1S/C18H22F3N3S/c19-18(20,21)17-4-3-14(13-23-17)12-22-15-5-8-24(9-6-15)10-7-16-2-1-11-25-16/h1-4,11,13,15,22H,5-10,12H2. The van der Waals surface area contributed by atoms with Crippen molar-refractivity contribution in [2.45, 2.75) is 38.0 Å². The van der Waals surface area contributed by atoms with E-state index in [9.17, 15) is 13.2 Å². The first kappa shape index (κ1) is 18.4. The Kier molecular flexibility index (Phi) is 6.09. The molecule has 2 aromatic heterocycles. The minimum atomic E-state index is -4.37. The lowest BCUT2D eigenvalue weighted by molar-refractivity contribution is -0.141. The zero-order chi connectivity index (χ0) is 17.7. The van der Waals surface area contributed by atoms with Crippen molar-refractivity contribution in [3.05, 3.63) is 52.0 Å². The van der Waals surface area contributed by atoms with Gasteiger partial charge in [0.1, 0.15) is 5.69 Å². The molecule has 25 heavy (non-hydrogen) atoms. The summed E-state index contributed by atoms with van der Waals surface area (Å²) in [6.07, 6.45) is 0.178. The Morgan fingerprint density at radius 3 is 2.60 bits per heavy atom. The summed E-state index contributed by atoms with van der Waals surface area (Å²) in [4.78, 5) is 7.41. The molecule has 7 heteroatoms. The number of nitrogens with one attached hydrogen (secondary N) is 1. The van der Waals surface area contributed by atoms with Crippen LogP contribution in [0.4, 0.5) is 13.2 Å². The highest BCUT2D eigenvalue weighted by Gasteiger charge is 2.32. The van der Waals surface area contributed by atoms with E-state index in [0.717, 1.165) is 50.5 Å². The first-order valence-corrected chi connectivity index (χ1v) is 9.39. The molecule has 0 radical (unpaired) electrons. The van der Waals surface area contributed by atoms with Crippen molar-refractivity contribution in [3.63, 3.8) is 0 Å². The Morgan fingerprint density at radius 2 is 2.00 bits per heavy atom. The Labute approximate surface area is 149 Å². The average Bonchev–Trinajstić information content (AvgIpc) is 3.12. The van der Waals surface area contributed by atoms with Crippen molar-refractivity contribution in [1.29, 1.82) is 0 Å². The van der Waals surface area contributed by atoms with Crippen LogP contribution in [0.3, 0.4) is 0 Å². The van der Waals surface area contributed by atoms with E-state index in [4.69, 9.17) is 0 Å². The molecule has 1 aliphatic rings. The molecule has 0 bridgehead atoms. The number of hydrogen-bond acceptors (Lipinski definition) is 4. The van der Waals surface area contributed by atoms with E-state index in [1.165, 1.54) is 17.1 Å². The SMILES string of the molecule is FC(F)(F)c1ccc(CNC2CCN(CCc3cccs3)CC2)cn1. The molecule has 1 aliphatic heterocycles. The van der Waals surface area contributed by atoms with E-state index >= 15 is 0 Å². The van der Waals surface area contributed by atoms with Crippen LogP contribution in [0.25, 0.3) is 0 Å². The molecule has 0 saturated carbocycles. The summed E-state index contributed by atoms with van der Waals surface area (Å²) in [6.45, 7) is 3.78. The Bertz CT molecular complexity index is 633. The number of thiophene rings is 1. The molecule has 0 aliphatic carbocycles. The van der Waals surface area contributed by atoms with Crippen LogP contribution in [0.1, 0.15) is 29.0 Å². The fourth-order valence-electron chi connectivity index (χ4n) is 3.04. The minimum absolute atomic E-state index is 0.417. The molecular weight excluding hydrogens is 347 g/mol. The summed E-state index contributed by atoms with van der Waals surface area (Å²) in [7, 11) is 0. The van der Waals surface area contributed by atoms with Gasteiger partial charge in [-0.2, -0.15) is 13.2 Å². The summed E-state index contributed by atoms with van der Waals surface area (Å²) in [5.41, 5.74) is -0.0524. The van der Waals surface area contributed by atoms with Gasteiger partial charge in [-0.25, -0.2) is 0 Å². The van der Waals surface area contributed by atoms with E-state index in [1.807, 2.05) is 0 Å². The number of piperidine rings is 1. The van der Waals surface area contributed by atoms with Crippen LogP contribution in [0.5, 0.6) is 0 Å². The van der Waals surface area contributed by atoms with Gasteiger partial charge in [0, 0.05) is 30.2 Å². The second-order valence-electron chi connectivity index (χ2n) is 6.38. The number of hydrogen-bond donors (Lipinski definition) is 1. The highest BCUT2D eigenvalue weighted by atomic mass is 32.1. The maximum Gasteiger partial charge on any atom is 0.433 e. The van der Waals surface area contributed by atoms with Crippen molar-refractivity contribution >= 4 is 11.3 Å². The van der Waals surface area contributed by atoms with Gasteiger partial charge in [0.05, 0.1) is 0 Å². The van der Waals surface area contributed by atoms with Crippen LogP contribution in [0.2, 0.25) is 0 Å². The molecule has 0 aromatic carbocycles. The van der Waals surface area contributed by atoms with Gasteiger partial charge in [-0.3, -0.25) is 4.98 Å². The zero-order valence-corrected chi connectivity index (χ0v) is 14.7. The van der Waals surface area contributed by atoms with Crippen LogP contribution in [-0.4, -0.2) is 35.6 Å². The topological polar surface area (TPSA) is 28.2 Å². The highest BCUT2D eigenvalue weighted by Crippen LogP contribution is 2.27. The molecule has 2 aromatic rings. The predicted molar refractivity (Wildman–Crippen MR) is 93.6 cm³/mol. The maximum absolute atomic E-state index is 12.5. The van der Waals surface area contributed by atoms with Gasteiger partial charge < -0.3 is 10.2 Å². The Balaban J connectivity index is 1.37. The van der Waals surface area contributed by atoms with Gasteiger partial charge in [0.25, 0.3) is 0 Å². The largest absolute Gasteiger partial charge is 0.433 e. The third-order valence-corrected chi connectivity index (χ3v) is 5.49. The van der Waals surface area contributed by atoms with Gasteiger partial charge in [-0.1, -0.05) is 12.1 Å². The summed E-state index contributed by atoms with van der Waals surface area (Å²) in [6, 6.07) is 7.23. The molecule has 3 rings (SSSR count). The number of pyridine rings is 1. The maximum atomic E-state index is 12.5. The number of alkyl halides is 3. The van der Waals surface area contributed by atoms with Crippen molar-refractivity contribution in [1.82, 2.24) is 15.2 Å². The van der Waals surface area contributed by atoms with Crippen LogP contribution in [0, 0.1) is 0 Å². The van der Waals surface area contributed by atoms with Crippen molar-refractivity contribution in [2.24, 2.45) is 0 Å². The minimum Gasteiger partial charge on any atom is -0.310 e. The normalized spacial score (nSPS) is 17.1. The first-order valence-electron chi connectivity index (χ1n) is 8.51. The molecule has 1 saturated heterocycles. The fourth-order valence-corrected chi connectivity index (χ4v) is 3.74. The summed E-state index contributed by atoms with van der Waals surface area (Å²) in [5.74, 6) is 0. The second-order valence-corrected chi connectivity index (χ2v) is 7.41. The molecule has 1 N–H and O–H groups in total. The molecule has 136 valence electrons. The van der Waals surface area contributed by atoms with Crippen LogP contribution < -0.4 is 5.32 Å². The van der Waals surface area contributed by atoms with Crippen molar-refractivity contribution in [2.75, 3.05) is 19.6 Å². The Morgan fingerprint density at radius 1 is 1.20 bits per heavy atom. The molecular formula is C18H22F3N3S. The van der Waals surface area contributed by atoms with Gasteiger partial charge >= 0.3 is 6.18 Å². The van der Waals surface area contributed by atoms with Crippen LogP contribution in [-0.2, 0) is 19.1 Å². The highest BCUT2D eigenvalue weighted by molar-refractivity contribution is 7.09. The predicted octanol–water partition coefficient (Wildman–Crippen LogP) is 3.96. The quantitative estimate of drug-likeness (QED) is 0.835. The second kappa shape index (κ2) is 8.29. The smallest absolute Gasteiger partial charge is 0.310 e. The fraction of sp³-hybridized carbons (Fsp3) is 0.500. The number of nitrogens with zero attached hydrogens (tertiary/aromatic N) is 2. The van der Waals surface area contributed by atoms with Crippen molar-refractivity contribution in [3.8, 4) is 0 Å². The van der Waals surface area contributed by atoms with Gasteiger partial charge in [-0.05, 0) is 55.4 Å². The lowest BCUT2D eigenvalue weighted by atomic mass is 10.0. The summed E-state index contributed by atoms with van der Waals surface area (Å²) in [5, 5.41) is 5.55. The molecule has 0 spiro atoms. The number of likely N-dealkylation sites (tertiary alicyclic amines) is 1. The number of rotatable bonds is 6. The average molecular weight is 369 g/mol. The van der Waals surface area contributed by atoms with E-state index in [0.29, 0.717) is 12.6 Å². The molecule has 1 fully saturated rings. The third-order valence-electron chi connectivity index (χ3n) is 4.55. The van der Waals surface area contributed by atoms with Crippen LogP contribution in [0.15, 0.2) is 35.8 Å². The molecule has 0 amide bonds. The third kappa shape index (κ3) is 5.52. The van der Waals surface area contributed by atoms with E-state index < -0.39 is 11.9 Å². The van der Waals surface area contributed by atoms with E-state index in [1.54, 1.807) is 11.3 Å². The molecule has 0 unspecified atom stereocenters. The number of halogens is 3. The monoisotopic (exact) mass is 369 g/mol.